The molecule has 0 atom stereocenters. The number of aryl methyl sites for hydroxylation is 1. The molecule has 0 spiro atoms. The highest BCUT2D eigenvalue weighted by Gasteiger charge is 2.17. The van der Waals surface area contributed by atoms with Gasteiger partial charge in [0.2, 0.25) is 0 Å². The minimum atomic E-state index is -0.503. The van der Waals surface area contributed by atoms with Crippen LogP contribution in [0.25, 0.3) is 21.6 Å². The molecule has 1 aliphatic rings. The largest absolute Gasteiger partial charge is 0.206 e. The molecule has 0 unspecified atom stereocenters. The molecular weight excluding hydrogens is 346 g/mol. The summed E-state index contributed by atoms with van der Waals surface area (Å²) in [5, 5.41) is 0. The van der Waals surface area contributed by atoms with Gasteiger partial charge in [-0.05, 0) is 60.2 Å². The minimum Gasteiger partial charge on any atom is -0.206 e. The van der Waals surface area contributed by atoms with Crippen molar-refractivity contribution in [1.29, 1.82) is 0 Å². The maximum Gasteiger partial charge on any atom is 0.135 e. The molecule has 0 bridgehead atoms. The monoisotopic (exact) mass is 368 g/mol. The Morgan fingerprint density at radius 1 is 0.885 bits per heavy atom. The number of hydrogen-bond donors (Lipinski definition) is 0. The molecule has 2 aromatic carbocycles. The molecule has 0 radical (unpaired) electrons. The SMILES string of the molecule is Cc1ccc(-c2c(F)cc(-c3ccc(CC4CCCC4)cc3)cc2F)s1. The van der Waals surface area contributed by atoms with Gasteiger partial charge in [-0.1, -0.05) is 49.9 Å². The van der Waals surface area contributed by atoms with Gasteiger partial charge in [0.05, 0.1) is 5.56 Å². The normalized spacial score (nSPS) is 14.9. The van der Waals surface area contributed by atoms with Crippen molar-refractivity contribution in [2.75, 3.05) is 0 Å². The zero-order chi connectivity index (χ0) is 18.1. The Labute approximate surface area is 157 Å². The quantitative estimate of drug-likeness (QED) is 0.450. The lowest BCUT2D eigenvalue weighted by molar-refractivity contribution is 0.546. The van der Waals surface area contributed by atoms with Crippen molar-refractivity contribution in [3.63, 3.8) is 0 Å². The summed E-state index contributed by atoms with van der Waals surface area (Å²) in [6.07, 6.45) is 6.44. The second kappa shape index (κ2) is 7.32. The van der Waals surface area contributed by atoms with Crippen LogP contribution in [0.3, 0.4) is 0 Å². The van der Waals surface area contributed by atoms with Crippen LogP contribution in [0.5, 0.6) is 0 Å². The second-order valence-electron chi connectivity index (χ2n) is 7.28. The number of rotatable bonds is 4. The van der Waals surface area contributed by atoms with Gasteiger partial charge in [-0.2, -0.15) is 0 Å². The van der Waals surface area contributed by atoms with E-state index < -0.39 is 11.6 Å². The van der Waals surface area contributed by atoms with Crippen LogP contribution in [0.4, 0.5) is 8.78 Å². The average Bonchev–Trinajstić information content (AvgIpc) is 3.27. The number of thiophene rings is 1. The highest BCUT2D eigenvalue weighted by molar-refractivity contribution is 7.15. The van der Waals surface area contributed by atoms with Gasteiger partial charge in [0.15, 0.2) is 0 Å². The Hall–Kier alpha value is -2.00. The van der Waals surface area contributed by atoms with Crippen LogP contribution in [-0.4, -0.2) is 0 Å². The van der Waals surface area contributed by atoms with Crippen molar-refractivity contribution < 1.29 is 8.78 Å². The molecule has 0 amide bonds. The average molecular weight is 368 g/mol. The van der Waals surface area contributed by atoms with Crippen molar-refractivity contribution in [2.24, 2.45) is 5.92 Å². The molecule has 4 rings (SSSR count). The first-order valence-electron chi connectivity index (χ1n) is 9.25. The third-order valence-electron chi connectivity index (χ3n) is 5.32. The molecule has 1 heterocycles. The fraction of sp³-hybridized carbons (Fsp3) is 0.304. The Kier molecular flexibility index (Phi) is 4.90. The highest BCUT2D eigenvalue weighted by Crippen LogP contribution is 2.35. The Morgan fingerprint density at radius 3 is 2.12 bits per heavy atom. The van der Waals surface area contributed by atoms with Gasteiger partial charge in [-0.25, -0.2) is 8.78 Å². The van der Waals surface area contributed by atoms with Crippen LogP contribution in [0.1, 0.15) is 36.1 Å². The lowest BCUT2D eigenvalue weighted by Gasteiger charge is -2.11. The van der Waals surface area contributed by atoms with Crippen LogP contribution in [0.2, 0.25) is 0 Å². The summed E-state index contributed by atoms with van der Waals surface area (Å²) < 4.78 is 29.2. The molecule has 0 N–H and O–H groups in total. The molecule has 1 saturated carbocycles. The zero-order valence-electron chi connectivity index (χ0n) is 14.9. The van der Waals surface area contributed by atoms with Crippen molar-refractivity contribution in [3.05, 3.63) is 70.6 Å². The van der Waals surface area contributed by atoms with Crippen LogP contribution in [0.15, 0.2) is 48.5 Å². The van der Waals surface area contributed by atoms with E-state index in [1.165, 1.54) is 54.7 Å². The van der Waals surface area contributed by atoms with E-state index in [4.69, 9.17) is 0 Å². The topological polar surface area (TPSA) is 0 Å². The Bertz CT molecular complexity index is 879. The van der Waals surface area contributed by atoms with Gasteiger partial charge >= 0.3 is 0 Å². The number of benzene rings is 2. The second-order valence-corrected chi connectivity index (χ2v) is 8.56. The van der Waals surface area contributed by atoms with Crippen LogP contribution < -0.4 is 0 Å². The van der Waals surface area contributed by atoms with Crippen LogP contribution in [0, 0.1) is 24.5 Å². The maximum atomic E-state index is 14.6. The fourth-order valence-electron chi connectivity index (χ4n) is 3.93. The lowest BCUT2D eigenvalue weighted by Crippen LogP contribution is -1.98. The van der Waals surface area contributed by atoms with Gasteiger partial charge < -0.3 is 0 Å². The third kappa shape index (κ3) is 3.59. The van der Waals surface area contributed by atoms with E-state index in [2.05, 4.69) is 12.1 Å². The molecule has 1 fully saturated rings. The fourth-order valence-corrected chi connectivity index (χ4v) is 4.84. The summed E-state index contributed by atoms with van der Waals surface area (Å²) in [6.45, 7) is 1.94. The van der Waals surface area contributed by atoms with Gasteiger partial charge in [0, 0.05) is 9.75 Å². The predicted molar refractivity (Wildman–Crippen MR) is 106 cm³/mol. The molecule has 1 aliphatic carbocycles. The predicted octanol–water partition coefficient (Wildman–Crippen LogP) is 7.40. The summed E-state index contributed by atoms with van der Waals surface area (Å²) in [5.41, 5.74) is 2.83. The van der Waals surface area contributed by atoms with Crippen LogP contribution >= 0.6 is 11.3 Å². The minimum absolute atomic E-state index is 0.0738. The van der Waals surface area contributed by atoms with Gasteiger partial charge in [0.25, 0.3) is 0 Å². The lowest BCUT2D eigenvalue weighted by atomic mass is 9.95. The molecule has 0 aliphatic heterocycles. The molecule has 3 heteroatoms. The maximum absolute atomic E-state index is 14.6. The van der Waals surface area contributed by atoms with E-state index in [1.54, 1.807) is 6.07 Å². The van der Waals surface area contributed by atoms with E-state index in [0.717, 1.165) is 22.8 Å². The number of halogens is 2. The number of hydrogen-bond acceptors (Lipinski definition) is 1. The first-order chi connectivity index (χ1) is 12.6. The van der Waals surface area contributed by atoms with Gasteiger partial charge in [-0.3, -0.25) is 0 Å². The standard InChI is InChI=1S/C23H22F2S/c1-15-6-11-22(26-15)23-20(24)13-19(14-21(23)25)18-9-7-17(8-10-18)12-16-4-2-3-5-16/h6-11,13-14,16H,2-5,12H2,1H3. The summed E-state index contributed by atoms with van der Waals surface area (Å²) in [6, 6.07) is 14.7. The molecule has 1 aromatic heterocycles. The molecule has 3 aromatic rings. The van der Waals surface area contributed by atoms with Crippen LogP contribution in [-0.2, 0) is 6.42 Å². The van der Waals surface area contributed by atoms with E-state index in [1.807, 2.05) is 25.1 Å². The van der Waals surface area contributed by atoms with Crippen molar-refractivity contribution in [3.8, 4) is 21.6 Å². The highest BCUT2D eigenvalue weighted by atomic mass is 32.1. The van der Waals surface area contributed by atoms with E-state index in [0.29, 0.717) is 10.4 Å². The van der Waals surface area contributed by atoms with E-state index in [-0.39, 0.29) is 5.56 Å². The first-order valence-corrected chi connectivity index (χ1v) is 10.1. The van der Waals surface area contributed by atoms with Gasteiger partial charge in [0.1, 0.15) is 11.6 Å². The first kappa shape index (κ1) is 17.4. The Morgan fingerprint density at radius 2 is 1.54 bits per heavy atom. The summed E-state index contributed by atoms with van der Waals surface area (Å²) in [4.78, 5) is 1.68. The van der Waals surface area contributed by atoms with Crippen molar-refractivity contribution in [1.82, 2.24) is 0 Å². The molecule has 134 valence electrons. The Balaban J connectivity index is 1.59. The van der Waals surface area contributed by atoms with Crippen molar-refractivity contribution >= 4 is 11.3 Å². The van der Waals surface area contributed by atoms with Gasteiger partial charge in [-0.15, -0.1) is 11.3 Å². The smallest absolute Gasteiger partial charge is 0.135 e. The molecular formula is C23H22F2S. The third-order valence-corrected chi connectivity index (χ3v) is 6.33. The summed E-state index contributed by atoms with van der Waals surface area (Å²) in [7, 11) is 0. The molecule has 0 nitrogen and oxygen atoms in total. The molecule has 26 heavy (non-hydrogen) atoms. The van der Waals surface area contributed by atoms with Crippen molar-refractivity contribution in [2.45, 2.75) is 39.0 Å². The molecule has 0 saturated heterocycles. The zero-order valence-corrected chi connectivity index (χ0v) is 15.7. The summed E-state index contributed by atoms with van der Waals surface area (Å²) in [5.74, 6) is -0.210. The van der Waals surface area contributed by atoms with E-state index in [9.17, 15) is 8.78 Å². The summed E-state index contributed by atoms with van der Waals surface area (Å²) >= 11 is 1.41. The van der Waals surface area contributed by atoms with E-state index >= 15 is 0 Å².